The molecule has 2 aromatic rings. The maximum atomic E-state index is 12.7. The molecular formula is C16H19NO2. The molecular weight excluding hydrogens is 238 g/mol. The third-order valence-electron chi connectivity index (χ3n) is 4.30. The number of furan rings is 1. The van der Waals surface area contributed by atoms with E-state index in [2.05, 4.69) is 18.3 Å². The highest BCUT2D eigenvalue weighted by Gasteiger charge is 2.41. The van der Waals surface area contributed by atoms with E-state index in [1.54, 1.807) is 0 Å². The Morgan fingerprint density at radius 2 is 2.26 bits per heavy atom. The zero-order valence-electron chi connectivity index (χ0n) is 11.5. The van der Waals surface area contributed by atoms with E-state index < -0.39 is 0 Å². The molecule has 3 rings (SSSR count). The second-order valence-corrected chi connectivity index (χ2v) is 5.54. The van der Waals surface area contributed by atoms with Crippen molar-refractivity contribution in [1.82, 2.24) is 5.32 Å². The van der Waals surface area contributed by atoms with Crippen molar-refractivity contribution in [2.45, 2.75) is 26.7 Å². The molecule has 1 unspecified atom stereocenters. The molecule has 0 saturated carbocycles. The lowest BCUT2D eigenvalue weighted by Crippen LogP contribution is -2.32. The summed E-state index contributed by atoms with van der Waals surface area (Å²) in [4.78, 5) is 12.7. The highest BCUT2D eigenvalue weighted by Crippen LogP contribution is 2.35. The highest BCUT2D eigenvalue weighted by atomic mass is 16.3. The van der Waals surface area contributed by atoms with Gasteiger partial charge in [-0.1, -0.05) is 18.6 Å². The van der Waals surface area contributed by atoms with Crippen LogP contribution in [0.3, 0.4) is 0 Å². The van der Waals surface area contributed by atoms with Crippen LogP contribution in [0.15, 0.2) is 28.7 Å². The van der Waals surface area contributed by atoms with E-state index in [0.29, 0.717) is 5.76 Å². The molecule has 1 fully saturated rings. The molecule has 1 N–H and O–H groups in total. The molecule has 1 atom stereocenters. The smallest absolute Gasteiger partial charge is 0.205 e. The number of nitrogens with one attached hydrogen (secondary N) is 1. The zero-order valence-corrected chi connectivity index (χ0v) is 11.5. The topological polar surface area (TPSA) is 42.2 Å². The third-order valence-corrected chi connectivity index (χ3v) is 4.30. The van der Waals surface area contributed by atoms with Crippen molar-refractivity contribution in [2.24, 2.45) is 5.41 Å². The molecule has 1 aromatic heterocycles. The van der Waals surface area contributed by atoms with Crippen LogP contribution in [0.2, 0.25) is 0 Å². The van der Waals surface area contributed by atoms with Crippen LogP contribution in [-0.4, -0.2) is 18.9 Å². The number of benzene rings is 1. The number of hydrogen-bond acceptors (Lipinski definition) is 3. The minimum absolute atomic E-state index is 0.147. The van der Waals surface area contributed by atoms with Gasteiger partial charge in [0.05, 0.1) is 5.41 Å². The maximum Gasteiger partial charge on any atom is 0.205 e. The fourth-order valence-corrected chi connectivity index (χ4v) is 2.94. The van der Waals surface area contributed by atoms with Gasteiger partial charge in [0.1, 0.15) is 5.58 Å². The first kappa shape index (κ1) is 12.4. The first-order chi connectivity index (χ1) is 9.14. The molecule has 0 aliphatic carbocycles. The molecule has 0 amide bonds. The normalized spacial score (nSPS) is 23.1. The van der Waals surface area contributed by atoms with Gasteiger partial charge in [0.15, 0.2) is 5.76 Å². The average Bonchev–Trinajstić information content (AvgIpc) is 3.04. The van der Waals surface area contributed by atoms with Gasteiger partial charge in [-0.2, -0.15) is 0 Å². The maximum absolute atomic E-state index is 12.7. The van der Waals surface area contributed by atoms with Crippen LogP contribution in [0.4, 0.5) is 0 Å². The van der Waals surface area contributed by atoms with E-state index in [9.17, 15) is 4.79 Å². The Labute approximate surface area is 113 Å². The van der Waals surface area contributed by atoms with Crippen LogP contribution in [-0.2, 0) is 0 Å². The Morgan fingerprint density at radius 1 is 1.42 bits per heavy atom. The first-order valence-corrected chi connectivity index (χ1v) is 6.90. The lowest BCUT2D eigenvalue weighted by molar-refractivity contribution is 0.0782. The number of ketones is 1. The van der Waals surface area contributed by atoms with Gasteiger partial charge < -0.3 is 9.73 Å². The summed E-state index contributed by atoms with van der Waals surface area (Å²) in [5, 5.41) is 4.31. The fourth-order valence-electron chi connectivity index (χ4n) is 2.94. The summed E-state index contributed by atoms with van der Waals surface area (Å²) in [6, 6.07) is 7.89. The molecule has 3 heteroatoms. The lowest BCUT2D eigenvalue weighted by Gasteiger charge is -2.23. The Balaban J connectivity index is 2.01. The lowest BCUT2D eigenvalue weighted by atomic mass is 9.79. The molecule has 1 aliphatic rings. The number of fused-ring (bicyclic) bond motifs is 1. The van der Waals surface area contributed by atoms with Crippen LogP contribution in [0, 0.1) is 12.3 Å². The summed E-state index contributed by atoms with van der Waals surface area (Å²) < 4.78 is 5.75. The van der Waals surface area contributed by atoms with Gasteiger partial charge in [0.2, 0.25) is 5.78 Å². The third kappa shape index (κ3) is 1.98. The largest absolute Gasteiger partial charge is 0.453 e. The van der Waals surface area contributed by atoms with Crippen molar-refractivity contribution < 1.29 is 9.21 Å². The second kappa shape index (κ2) is 4.49. The van der Waals surface area contributed by atoms with Crippen molar-refractivity contribution in [3.8, 4) is 0 Å². The number of carbonyl (C=O) groups excluding carboxylic acids is 1. The number of Topliss-reactive ketones (excluding diaryl/α,β-unsaturated/α-hetero) is 1. The van der Waals surface area contributed by atoms with Gasteiger partial charge in [-0.15, -0.1) is 0 Å². The van der Waals surface area contributed by atoms with Crippen molar-refractivity contribution in [3.63, 3.8) is 0 Å². The molecule has 1 saturated heterocycles. The molecule has 1 aromatic carbocycles. The fraction of sp³-hybridized carbons (Fsp3) is 0.438. The van der Waals surface area contributed by atoms with Gasteiger partial charge in [0, 0.05) is 11.9 Å². The summed E-state index contributed by atoms with van der Waals surface area (Å²) in [5.74, 6) is 0.653. The quantitative estimate of drug-likeness (QED) is 0.858. The Bertz CT molecular complexity index is 621. The van der Waals surface area contributed by atoms with Gasteiger partial charge in [-0.05, 0) is 44.5 Å². The van der Waals surface area contributed by atoms with E-state index in [1.807, 2.05) is 25.1 Å². The average molecular weight is 257 g/mol. The Hall–Kier alpha value is -1.61. The van der Waals surface area contributed by atoms with Crippen molar-refractivity contribution in [3.05, 3.63) is 35.6 Å². The monoisotopic (exact) mass is 257 g/mol. The summed E-state index contributed by atoms with van der Waals surface area (Å²) >= 11 is 0. The van der Waals surface area contributed by atoms with Crippen molar-refractivity contribution in [2.75, 3.05) is 13.1 Å². The Kier molecular flexibility index (Phi) is 2.94. The molecule has 19 heavy (non-hydrogen) atoms. The minimum Gasteiger partial charge on any atom is -0.453 e. The number of carbonyl (C=O) groups is 1. The van der Waals surface area contributed by atoms with Gasteiger partial charge in [-0.3, -0.25) is 4.79 Å². The minimum atomic E-state index is -0.275. The number of rotatable bonds is 3. The van der Waals surface area contributed by atoms with Crippen LogP contribution in [0.5, 0.6) is 0 Å². The first-order valence-electron chi connectivity index (χ1n) is 6.90. The summed E-state index contributed by atoms with van der Waals surface area (Å²) in [6.45, 7) is 5.80. The van der Waals surface area contributed by atoms with Crippen molar-refractivity contribution in [1.29, 1.82) is 0 Å². The predicted molar refractivity (Wildman–Crippen MR) is 75.5 cm³/mol. The van der Waals surface area contributed by atoms with Crippen LogP contribution in [0.25, 0.3) is 11.0 Å². The molecule has 100 valence electrons. The number of hydrogen-bond donors (Lipinski definition) is 1. The molecule has 0 bridgehead atoms. The van der Waals surface area contributed by atoms with E-state index in [1.165, 1.54) is 5.56 Å². The van der Waals surface area contributed by atoms with E-state index in [-0.39, 0.29) is 11.2 Å². The molecule has 1 aliphatic heterocycles. The van der Waals surface area contributed by atoms with Crippen molar-refractivity contribution >= 4 is 16.8 Å². The standard InChI is InChI=1S/C16H19NO2/c1-3-16(6-7-17-10-16)15(18)14-9-12-8-11(2)4-5-13(12)19-14/h4-5,8-9,17H,3,6-7,10H2,1-2H3. The van der Waals surface area contributed by atoms with Gasteiger partial charge >= 0.3 is 0 Å². The van der Waals surface area contributed by atoms with Crippen LogP contribution in [0.1, 0.15) is 35.9 Å². The summed E-state index contributed by atoms with van der Waals surface area (Å²) in [6.07, 6.45) is 1.76. The molecule has 0 radical (unpaired) electrons. The summed E-state index contributed by atoms with van der Waals surface area (Å²) in [7, 11) is 0. The molecule has 2 heterocycles. The van der Waals surface area contributed by atoms with E-state index in [0.717, 1.165) is 36.9 Å². The molecule has 3 nitrogen and oxygen atoms in total. The summed E-state index contributed by atoms with van der Waals surface area (Å²) in [5.41, 5.74) is 1.70. The zero-order chi connectivity index (χ0) is 13.5. The van der Waals surface area contributed by atoms with Crippen LogP contribution >= 0.6 is 0 Å². The van der Waals surface area contributed by atoms with Gasteiger partial charge in [0.25, 0.3) is 0 Å². The van der Waals surface area contributed by atoms with Crippen LogP contribution < -0.4 is 5.32 Å². The highest BCUT2D eigenvalue weighted by molar-refractivity contribution is 6.01. The predicted octanol–water partition coefficient (Wildman–Crippen LogP) is 3.31. The van der Waals surface area contributed by atoms with Gasteiger partial charge in [-0.25, -0.2) is 0 Å². The SMILES string of the molecule is CCC1(C(=O)c2cc3cc(C)ccc3o2)CCNC1. The number of aryl methyl sites for hydroxylation is 1. The van der Waals surface area contributed by atoms with E-state index >= 15 is 0 Å². The Morgan fingerprint density at radius 3 is 2.95 bits per heavy atom. The second-order valence-electron chi connectivity index (χ2n) is 5.54. The van der Waals surface area contributed by atoms with E-state index in [4.69, 9.17) is 4.42 Å². The molecule has 0 spiro atoms.